The molecular formula is C41H43N5. The second-order valence-electron chi connectivity index (χ2n) is 13.7. The Morgan fingerprint density at radius 3 is 1.93 bits per heavy atom. The fourth-order valence-corrected chi connectivity index (χ4v) is 7.74. The lowest BCUT2D eigenvalue weighted by molar-refractivity contribution is 0.487. The molecule has 1 unspecified atom stereocenters. The smallest absolute Gasteiger partial charge is 0.136 e. The van der Waals surface area contributed by atoms with Crippen LogP contribution >= 0.6 is 0 Å². The summed E-state index contributed by atoms with van der Waals surface area (Å²) < 4.78 is 0. The van der Waals surface area contributed by atoms with Gasteiger partial charge in [-0.2, -0.15) is 0 Å². The molecule has 5 heteroatoms. The summed E-state index contributed by atoms with van der Waals surface area (Å²) in [6.45, 7) is 9.27. The molecule has 2 aliphatic heterocycles. The predicted octanol–water partition coefficient (Wildman–Crippen LogP) is 9.25. The summed E-state index contributed by atoms with van der Waals surface area (Å²) in [7, 11) is 4.31. The quantitative estimate of drug-likeness (QED) is 0.219. The van der Waals surface area contributed by atoms with Crippen LogP contribution in [-0.4, -0.2) is 30.1 Å². The number of benzene rings is 2. The van der Waals surface area contributed by atoms with E-state index in [4.69, 9.17) is 9.97 Å². The first-order chi connectivity index (χ1) is 22.2. The highest BCUT2D eigenvalue weighted by Crippen LogP contribution is 2.47. The van der Waals surface area contributed by atoms with E-state index in [1.54, 1.807) is 0 Å². The molecular weight excluding hydrogens is 562 g/mol. The van der Waals surface area contributed by atoms with Crippen LogP contribution in [0.15, 0.2) is 144 Å². The summed E-state index contributed by atoms with van der Waals surface area (Å²) in [5.41, 5.74) is 9.86. The normalized spacial score (nSPS) is 21.5. The standard InChI is InChI=1S/C41H43N5/c1-40(2)33-19-13-27-42-38(33)44(5)35(40)25-23-29-21-22-30(24-26-36-41(3,4)34-20-14-28-43-39(34)45(36)6)37(29)46(31-15-9-7-10-16-31)32-17-11-8-12-18-32/h7-20,23-28,35H,21-22H2,1-6H3. The van der Waals surface area contributed by atoms with Gasteiger partial charge in [0.1, 0.15) is 11.6 Å². The Hall–Kier alpha value is -4.90. The molecule has 0 amide bonds. The molecule has 0 bridgehead atoms. The van der Waals surface area contributed by atoms with Gasteiger partial charge in [-0.3, -0.25) is 0 Å². The number of anilines is 4. The number of pyridine rings is 2. The summed E-state index contributed by atoms with van der Waals surface area (Å²) in [6.07, 6.45) is 15.2. The molecule has 5 nitrogen and oxygen atoms in total. The highest BCUT2D eigenvalue weighted by Gasteiger charge is 2.43. The number of para-hydroxylation sites is 2. The first-order valence-electron chi connectivity index (χ1n) is 16.3. The fraction of sp³-hybridized carbons (Fsp3) is 0.268. The Morgan fingerprint density at radius 2 is 1.33 bits per heavy atom. The molecule has 0 spiro atoms. The van der Waals surface area contributed by atoms with Crippen molar-refractivity contribution in [3.05, 3.63) is 155 Å². The van der Waals surface area contributed by atoms with E-state index < -0.39 is 0 Å². The number of fused-ring (bicyclic) bond motifs is 2. The van der Waals surface area contributed by atoms with Gasteiger partial charge in [0.15, 0.2) is 0 Å². The van der Waals surface area contributed by atoms with Gasteiger partial charge in [0.05, 0.1) is 11.7 Å². The summed E-state index contributed by atoms with van der Waals surface area (Å²) in [5, 5.41) is 0. The Morgan fingerprint density at radius 1 is 0.717 bits per heavy atom. The van der Waals surface area contributed by atoms with Crippen LogP contribution in [0.5, 0.6) is 0 Å². The van der Waals surface area contributed by atoms with E-state index >= 15 is 0 Å². The van der Waals surface area contributed by atoms with Gasteiger partial charge in [0.2, 0.25) is 0 Å². The number of rotatable bonds is 6. The molecule has 0 radical (unpaired) electrons. The minimum Gasteiger partial charge on any atom is -0.352 e. The van der Waals surface area contributed by atoms with Crippen LogP contribution in [0.25, 0.3) is 0 Å². The first kappa shape index (κ1) is 29.8. The number of hydrogen-bond acceptors (Lipinski definition) is 5. The van der Waals surface area contributed by atoms with Crippen molar-refractivity contribution < 1.29 is 0 Å². The van der Waals surface area contributed by atoms with Crippen molar-refractivity contribution in [1.82, 2.24) is 9.97 Å². The molecule has 0 saturated carbocycles. The van der Waals surface area contributed by atoms with E-state index in [2.05, 4.69) is 160 Å². The zero-order chi connectivity index (χ0) is 32.1. The Bertz CT molecular complexity index is 1840. The highest BCUT2D eigenvalue weighted by molar-refractivity contribution is 5.74. The summed E-state index contributed by atoms with van der Waals surface area (Å²) >= 11 is 0. The van der Waals surface area contributed by atoms with Crippen LogP contribution in [0.1, 0.15) is 51.7 Å². The lowest BCUT2D eigenvalue weighted by Gasteiger charge is -2.30. The molecule has 2 aromatic carbocycles. The van der Waals surface area contributed by atoms with E-state index in [-0.39, 0.29) is 16.9 Å². The summed E-state index contributed by atoms with van der Waals surface area (Å²) in [6, 6.07) is 30.3. The minimum absolute atomic E-state index is 0.0580. The Kier molecular flexibility index (Phi) is 7.43. The molecule has 232 valence electrons. The van der Waals surface area contributed by atoms with Crippen LogP contribution in [-0.2, 0) is 10.8 Å². The number of allylic oxidation sites excluding steroid dienone is 6. The van der Waals surface area contributed by atoms with Gasteiger partial charge < -0.3 is 14.7 Å². The van der Waals surface area contributed by atoms with Crippen LogP contribution in [0, 0.1) is 0 Å². The Balaban J connectivity index is 1.36. The third kappa shape index (κ3) is 4.86. The van der Waals surface area contributed by atoms with E-state index in [9.17, 15) is 0 Å². The van der Waals surface area contributed by atoms with Gasteiger partial charge in [0, 0.05) is 65.5 Å². The lowest BCUT2D eigenvalue weighted by atomic mass is 9.80. The molecule has 0 N–H and O–H groups in total. The first-order valence-corrected chi connectivity index (χ1v) is 16.3. The molecule has 2 aromatic heterocycles. The highest BCUT2D eigenvalue weighted by atomic mass is 15.2. The summed E-state index contributed by atoms with van der Waals surface area (Å²) in [4.78, 5) is 16.5. The maximum absolute atomic E-state index is 4.74. The third-order valence-electron chi connectivity index (χ3n) is 10.2. The molecule has 1 aliphatic carbocycles. The fourth-order valence-electron chi connectivity index (χ4n) is 7.74. The van der Waals surface area contributed by atoms with Crippen LogP contribution < -0.4 is 14.7 Å². The molecule has 1 atom stereocenters. The zero-order valence-electron chi connectivity index (χ0n) is 27.8. The van der Waals surface area contributed by atoms with Crippen molar-refractivity contribution in [3.63, 3.8) is 0 Å². The second-order valence-corrected chi connectivity index (χ2v) is 13.7. The van der Waals surface area contributed by atoms with E-state index in [0.717, 1.165) is 35.9 Å². The number of hydrogen-bond donors (Lipinski definition) is 0. The van der Waals surface area contributed by atoms with E-state index in [1.807, 2.05) is 18.5 Å². The summed E-state index contributed by atoms with van der Waals surface area (Å²) in [5.74, 6) is 2.11. The molecule has 4 heterocycles. The van der Waals surface area contributed by atoms with Crippen molar-refractivity contribution >= 4 is 23.0 Å². The van der Waals surface area contributed by atoms with Gasteiger partial charge in [-0.1, -0.05) is 94.5 Å². The van der Waals surface area contributed by atoms with Crippen molar-refractivity contribution in [2.24, 2.45) is 0 Å². The van der Waals surface area contributed by atoms with Gasteiger partial charge >= 0.3 is 0 Å². The predicted molar refractivity (Wildman–Crippen MR) is 192 cm³/mol. The van der Waals surface area contributed by atoms with Crippen molar-refractivity contribution in [2.45, 2.75) is 57.4 Å². The van der Waals surface area contributed by atoms with Gasteiger partial charge in [-0.05, 0) is 66.5 Å². The van der Waals surface area contributed by atoms with Gasteiger partial charge in [-0.15, -0.1) is 0 Å². The van der Waals surface area contributed by atoms with Crippen LogP contribution in [0.2, 0.25) is 0 Å². The van der Waals surface area contributed by atoms with Crippen molar-refractivity contribution in [3.8, 4) is 0 Å². The molecule has 0 saturated heterocycles. The Labute approximate surface area is 273 Å². The van der Waals surface area contributed by atoms with E-state index in [1.165, 1.54) is 33.7 Å². The van der Waals surface area contributed by atoms with Gasteiger partial charge in [-0.25, -0.2) is 9.97 Å². The van der Waals surface area contributed by atoms with Crippen molar-refractivity contribution in [1.29, 1.82) is 0 Å². The SMILES string of the molecule is CN1C(=CC=C2CCC(C=CC3N(C)c4ncccc4C3(C)C)=C2N(c2ccccc2)c2ccccc2)C(C)(C)c2cccnc21. The number of likely N-dealkylation sites (N-methyl/N-ethyl adjacent to an activating group) is 2. The number of nitrogens with zero attached hydrogens (tertiary/aromatic N) is 5. The third-order valence-corrected chi connectivity index (χ3v) is 10.2. The van der Waals surface area contributed by atoms with Crippen molar-refractivity contribution in [2.75, 3.05) is 28.8 Å². The topological polar surface area (TPSA) is 35.5 Å². The monoisotopic (exact) mass is 605 g/mol. The maximum atomic E-state index is 4.74. The second kappa shape index (κ2) is 11.5. The minimum atomic E-state index is -0.138. The zero-order valence-corrected chi connectivity index (χ0v) is 27.8. The molecule has 46 heavy (non-hydrogen) atoms. The molecule has 4 aromatic rings. The van der Waals surface area contributed by atoms with Gasteiger partial charge in [0.25, 0.3) is 0 Å². The van der Waals surface area contributed by atoms with E-state index in [0.29, 0.717) is 0 Å². The average Bonchev–Trinajstić information content (AvgIpc) is 3.62. The lowest BCUT2D eigenvalue weighted by Crippen LogP contribution is -2.37. The maximum Gasteiger partial charge on any atom is 0.136 e. The van der Waals surface area contributed by atoms with Crippen LogP contribution in [0.3, 0.4) is 0 Å². The largest absolute Gasteiger partial charge is 0.352 e. The number of aromatic nitrogens is 2. The molecule has 7 rings (SSSR count). The van der Waals surface area contributed by atoms with Crippen LogP contribution in [0.4, 0.5) is 23.0 Å². The molecule has 3 aliphatic rings. The average molecular weight is 606 g/mol. The molecule has 0 fully saturated rings.